The Morgan fingerprint density at radius 1 is 1.00 bits per heavy atom. The fourth-order valence-electron chi connectivity index (χ4n) is 2.47. The molecule has 0 aliphatic rings. The molecule has 0 aromatic heterocycles. The maximum absolute atomic E-state index is 10.7. The summed E-state index contributed by atoms with van der Waals surface area (Å²) in [5.41, 5.74) is 1.68. The molecule has 2 atom stereocenters. The van der Waals surface area contributed by atoms with E-state index in [1.165, 1.54) is 17.3 Å². The van der Waals surface area contributed by atoms with Crippen LogP contribution in [-0.2, 0) is 16.3 Å². The zero-order chi connectivity index (χ0) is 20.2. The molecule has 2 nitrogen and oxygen atoms in total. The highest BCUT2D eigenvalue weighted by atomic mass is 32.2. The summed E-state index contributed by atoms with van der Waals surface area (Å²) in [7, 11) is 0. The Morgan fingerprint density at radius 2 is 1.65 bits per heavy atom. The molecule has 0 radical (unpaired) electrons. The molecule has 0 saturated carbocycles. The van der Waals surface area contributed by atoms with Gasteiger partial charge < -0.3 is 5.11 Å². The second-order valence-corrected chi connectivity index (χ2v) is 8.23. The molecule has 2 aromatic rings. The van der Waals surface area contributed by atoms with Gasteiger partial charge in [-0.05, 0) is 36.1 Å². The molecular formula is C22H28O2S2. The molecule has 140 valence electrons. The fourth-order valence-corrected chi connectivity index (χ4v) is 4.51. The molecule has 0 bridgehead atoms. The highest BCUT2D eigenvalue weighted by Crippen LogP contribution is 2.27. The monoisotopic (exact) mass is 390 g/mol. The predicted molar refractivity (Wildman–Crippen MR) is 115 cm³/mol. The number of benzene rings is 2. The summed E-state index contributed by atoms with van der Waals surface area (Å²) >= 11 is 3.19. The molecule has 0 aliphatic heterocycles. The van der Waals surface area contributed by atoms with Crippen LogP contribution < -0.4 is 0 Å². The van der Waals surface area contributed by atoms with Gasteiger partial charge in [0.1, 0.15) is 0 Å². The van der Waals surface area contributed by atoms with Crippen molar-refractivity contribution in [3.05, 3.63) is 71.8 Å². The SMILES string of the molecule is [2H]C(SC([2H])(CCCCC(=O)O)CCSCc1ccccc1)c1ccccc1. The van der Waals surface area contributed by atoms with Crippen LogP contribution in [0, 0.1) is 0 Å². The van der Waals surface area contributed by atoms with Gasteiger partial charge >= 0.3 is 5.97 Å². The van der Waals surface area contributed by atoms with E-state index in [0.717, 1.165) is 17.1 Å². The zero-order valence-electron chi connectivity index (χ0n) is 17.0. The average Bonchev–Trinajstić information content (AvgIpc) is 2.70. The first kappa shape index (κ1) is 18.0. The molecule has 0 saturated heterocycles. The topological polar surface area (TPSA) is 37.3 Å². The quantitative estimate of drug-likeness (QED) is 0.410. The van der Waals surface area contributed by atoms with E-state index in [-0.39, 0.29) is 6.42 Å². The molecule has 4 heteroatoms. The van der Waals surface area contributed by atoms with Gasteiger partial charge in [-0.3, -0.25) is 4.79 Å². The summed E-state index contributed by atoms with van der Waals surface area (Å²) in [5, 5.41) is 8.06. The van der Waals surface area contributed by atoms with Gasteiger partial charge in [0.2, 0.25) is 0 Å². The molecular weight excluding hydrogens is 360 g/mol. The van der Waals surface area contributed by atoms with Crippen LogP contribution in [0.2, 0.25) is 0 Å². The zero-order valence-corrected chi connectivity index (χ0v) is 16.6. The first-order valence-electron chi connectivity index (χ1n) is 10.0. The Kier molecular flexibility index (Phi) is 8.92. The highest BCUT2D eigenvalue weighted by molar-refractivity contribution is 7.99. The van der Waals surface area contributed by atoms with Gasteiger partial charge in [-0.2, -0.15) is 23.5 Å². The van der Waals surface area contributed by atoms with Crippen molar-refractivity contribution in [2.24, 2.45) is 0 Å². The highest BCUT2D eigenvalue weighted by Gasteiger charge is 2.10. The summed E-state index contributed by atoms with van der Waals surface area (Å²) < 4.78 is 17.4. The number of carboxylic acids is 1. The van der Waals surface area contributed by atoms with Gasteiger partial charge in [-0.1, -0.05) is 67.1 Å². The van der Waals surface area contributed by atoms with Gasteiger partial charge in [0.25, 0.3) is 0 Å². The average molecular weight is 391 g/mol. The summed E-state index contributed by atoms with van der Waals surface area (Å²) in [5.74, 6) is 0.986. The number of hydrogen-bond acceptors (Lipinski definition) is 3. The van der Waals surface area contributed by atoms with E-state index < -0.39 is 16.9 Å². The standard InChI is InChI=1S/C22H28O2S2/c23-22(24)14-8-7-13-21(26-18-20-11-5-2-6-12-20)15-16-25-17-19-9-3-1-4-10-19/h1-6,9-12,21H,7-8,13-18H2,(H,23,24)/i18D,21D. The van der Waals surface area contributed by atoms with Crippen LogP contribution in [0.25, 0.3) is 0 Å². The Balaban J connectivity index is 1.89. The Bertz CT molecular complexity index is 700. The van der Waals surface area contributed by atoms with Crippen LogP contribution in [0.1, 0.15) is 46.0 Å². The lowest BCUT2D eigenvalue weighted by Crippen LogP contribution is -2.06. The van der Waals surface area contributed by atoms with Crippen molar-refractivity contribution in [1.29, 1.82) is 0 Å². The lowest BCUT2D eigenvalue weighted by molar-refractivity contribution is -0.137. The Labute approximate surface area is 168 Å². The van der Waals surface area contributed by atoms with Gasteiger partial charge in [-0.25, -0.2) is 0 Å². The molecule has 2 unspecified atom stereocenters. The summed E-state index contributed by atoms with van der Waals surface area (Å²) in [6.07, 6.45) is 2.73. The molecule has 0 amide bonds. The predicted octanol–water partition coefficient (Wildman–Crippen LogP) is 6.26. The minimum Gasteiger partial charge on any atom is -0.481 e. The Hall–Kier alpha value is -1.39. The van der Waals surface area contributed by atoms with Gasteiger partial charge in [0.05, 0.1) is 0 Å². The van der Waals surface area contributed by atoms with E-state index in [1.54, 1.807) is 0 Å². The third-order valence-electron chi connectivity index (χ3n) is 3.89. The molecule has 26 heavy (non-hydrogen) atoms. The van der Waals surface area contributed by atoms with E-state index in [9.17, 15) is 4.79 Å². The van der Waals surface area contributed by atoms with Gasteiger partial charge in [0.15, 0.2) is 0 Å². The third-order valence-corrected chi connectivity index (χ3v) is 6.06. The fraction of sp³-hybridized carbons (Fsp3) is 0.409. The number of carbonyl (C=O) groups is 1. The first-order chi connectivity index (χ1) is 13.5. The number of rotatable bonds is 13. The number of hydrogen-bond donors (Lipinski definition) is 1. The van der Waals surface area contributed by atoms with E-state index in [4.69, 9.17) is 7.85 Å². The summed E-state index contributed by atoms with van der Waals surface area (Å²) in [6, 6.07) is 19.9. The minimum absolute atomic E-state index is 0.145. The normalized spacial score (nSPS) is 15.5. The van der Waals surface area contributed by atoms with Crippen molar-refractivity contribution in [3.63, 3.8) is 0 Å². The lowest BCUT2D eigenvalue weighted by atomic mass is 10.1. The number of carboxylic acid groups (broad SMARTS) is 1. The molecule has 0 spiro atoms. The second-order valence-electron chi connectivity index (χ2n) is 6.07. The van der Waals surface area contributed by atoms with Crippen molar-refractivity contribution in [1.82, 2.24) is 0 Å². The molecule has 2 aromatic carbocycles. The summed E-state index contributed by atoms with van der Waals surface area (Å²) in [4.78, 5) is 10.7. The number of unbranched alkanes of at least 4 members (excludes halogenated alkanes) is 1. The molecule has 0 aliphatic carbocycles. The third kappa shape index (κ3) is 9.35. The molecule has 1 N–H and O–H groups in total. The molecule has 2 rings (SSSR count). The van der Waals surface area contributed by atoms with E-state index in [0.29, 0.717) is 25.7 Å². The second kappa shape index (κ2) is 12.9. The van der Waals surface area contributed by atoms with Crippen molar-refractivity contribution < 1.29 is 12.6 Å². The largest absolute Gasteiger partial charge is 0.481 e. The van der Waals surface area contributed by atoms with Gasteiger partial charge in [-0.15, -0.1) is 0 Å². The van der Waals surface area contributed by atoms with E-state index in [2.05, 4.69) is 12.1 Å². The maximum atomic E-state index is 10.7. The number of aliphatic carboxylic acids is 1. The first-order valence-corrected chi connectivity index (χ1v) is 11.0. The van der Waals surface area contributed by atoms with Crippen LogP contribution >= 0.6 is 23.5 Å². The van der Waals surface area contributed by atoms with Crippen molar-refractivity contribution in [2.45, 2.75) is 48.8 Å². The van der Waals surface area contributed by atoms with Crippen molar-refractivity contribution in [3.8, 4) is 0 Å². The van der Waals surface area contributed by atoms with Crippen LogP contribution in [0.3, 0.4) is 0 Å². The number of thioether (sulfide) groups is 2. The van der Waals surface area contributed by atoms with E-state index >= 15 is 0 Å². The lowest BCUT2D eigenvalue weighted by Gasteiger charge is -2.16. The maximum Gasteiger partial charge on any atom is 0.303 e. The van der Waals surface area contributed by atoms with Crippen molar-refractivity contribution >= 4 is 29.5 Å². The molecule has 0 heterocycles. The molecule has 0 fully saturated rings. The summed E-state index contributed by atoms with van der Waals surface area (Å²) in [6.45, 7) is 0. The van der Waals surface area contributed by atoms with Gasteiger partial charge in [0, 0.05) is 25.9 Å². The smallest absolute Gasteiger partial charge is 0.303 e. The van der Waals surface area contributed by atoms with E-state index in [1.807, 2.05) is 60.3 Å². The van der Waals surface area contributed by atoms with Crippen LogP contribution in [0.4, 0.5) is 0 Å². The van der Waals surface area contributed by atoms with Crippen molar-refractivity contribution in [2.75, 3.05) is 5.75 Å². The minimum atomic E-state index is -0.788. The van der Waals surface area contributed by atoms with Crippen LogP contribution in [-0.4, -0.2) is 22.1 Å². The van der Waals surface area contributed by atoms with Crippen LogP contribution in [0.15, 0.2) is 60.7 Å². The Morgan fingerprint density at radius 3 is 2.31 bits per heavy atom. The van der Waals surface area contributed by atoms with Crippen LogP contribution in [0.5, 0.6) is 0 Å².